The summed E-state index contributed by atoms with van der Waals surface area (Å²) in [6, 6.07) is 0.886. The first-order valence-electron chi connectivity index (χ1n) is 5.25. The molecule has 0 rings (SSSR count). The molecule has 1 unspecified atom stereocenters. The predicted molar refractivity (Wildman–Crippen MR) is 59.6 cm³/mol. The Morgan fingerprint density at radius 1 is 1.43 bits per heavy atom. The maximum atomic E-state index is 8.51. The van der Waals surface area contributed by atoms with Crippen LogP contribution in [0.15, 0.2) is 5.16 Å². The third-order valence-corrected chi connectivity index (χ3v) is 2.41. The molecule has 0 aliphatic heterocycles. The Kier molecular flexibility index (Phi) is 6.28. The van der Waals surface area contributed by atoms with Crippen molar-refractivity contribution in [2.45, 2.75) is 52.6 Å². The van der Waals surface area contributed by atoms with Crippen LogP contribution in [0.1, 0.15) is 40.5 Å². The van der Waals surface area contributed by atoms with Gasteiger partial charge in [0.25, 0.3) is 0 Å². The molecule has 0 spiro atoms. The summed E-state index contributed by atoms with van der Waals surface area (Å²) in [5.74, 6) is 0.279. The summed E-state index contributed by atoms with van der Waals surface area (Å²) in [5.41, 5.74) is 5.50. The molecule has 0 aliphatic carbocycles. The summed E-state index contributed by atoms with van der Waals surface area (Å²) in [7, 11) is 0. The molecule has 84 valence electrons. The number of hydrogen-bond donors (Lipinski definition) is 2. The largest absolute Gasteiger partial charge is 0.409 e. The summed E-state index contributed by atoms with van der Waals surface area (Å²) in [5, 5.41) is 11.5. The maximum absolute atomic E-state index is 8.51. The molecule has 0 bridgehead atoms. The Morgan fingerprint density at radius 2 is 2.00 bits per heavy atom. The van der Waals surface area contributed by atoms with Crippen molar-refractivity contribution in [2.75, 3.05) is 6.54 Å². The van der Waals surface area contributed by atoms with Crippen LogP contribution < -0.4 is 5.73 Å². The number of amidine groups is 1. The van der Waals surface area contributed by atoms with Crippen molar-refractivity contribution in [2.24, 2.45) is 10.9 Å². The van der Waals surface area contributed by atoms with Gasteiger partial charge in [-0.2, -0.15) is 0 Å². The lowest BCUT2D eigenvalue weighted by molar-refractivity contribution is 0.178. The van der Waals surface area contributed by atoms with E-state index < -0.39 is 0 Å². The highest BCUT2D eigenvalue weighted by Gasteiger charge is 2.17. The highest BCUT2D eigenvalue weighted by Crippen LogP contribution is 2.09. The van der Waals surface area contributed by atoms with Gasteiger partial charge in [-0.25, -0.2) is 0 Å². The smallest absolute Gasteiger partial charge is 0.153 e. The van der Waals surface area contributed by atoms with Crippen molar-refractivity contribution in [3.05, 3.63) is 0 Å². The Balaban J connectivity index is 4.28. The van der Waals surface area contributed by atoms with E-state index in [9.17, 15) is 0 Å². The van der Waals surface area contributed by atoms with Crippen molar-refractivity contribution in [1.29, 1.82) is 0 Å². The third kappa shape index (κ3) is 4.46. The van der Waals surface area contributed by atoms with Crippen molar-refractivity contribution >= 4 is 5.84 Å². The molecule has 0 saturated heterocycles. The van der Waals surface area contributed by atoms with Gasteiger partial charge in [0, 0.05) is 12.1 Å². The fourth-order valence-electron chi connectivity index (χ4n) is 1.65. The lowest BCUT2D eigenvalue weighted by Crippen LogP contribution is -2.44. The molecule has 14 heavy (non-hydrogen) atoms. The van der Waals surface area contributed by atoms with E-state index in [1.165, 1.54) is 0 Å². The lowest BCUT2D eigenvalue weighted by atomic mass is 10.1. The first-order valence-corrected chi connectivity index (χ1v) is 5.25. The van der Waals surface area contributed by atoms with Crippen LogP contribution in [0.4, 0.5) is 0 Å². The molecular formula is C10H23N3O. The Hall–Kier alpha value is -0.770. The van der Waals surface area contributed by atoms with Crippen LogP contribution in [-0.4, -0.2) is 34.6 Å². The average molecular weight is 201 g/mol. The van der Waals surface area contributed by atoms with E-state index in [0.717, 1.165) is 12.8 Å². The van der Waals surface area contributed by atoms with Gasteiger partial charge in [0.1, 0.15) is 0 Å². The highest BCUT2D eigenvalue weighted by atomic mass is 16.4. The van der Waals surface area contributed by atoms with Gasteiger partial charge in [-0.05, 0) is 27.2 Å². The van der Waals surface area contributed by atoms with E-state index in [-0.39, 0.29) is 5.84 Å². The van der Waals surface area contributed by atoms with Gasteiger partial charge in [0.05, 0.1) is 6.54 Å². The summed E-state index contributed by atoms with van der Waals surface area (Å²) >= 11 is 0. The van der Waals surface area contributed by atoms with E-state index in [0.29, 0.717) is 18.6 Å². The summed E-state index contributed by atoms with van der Waals surface area (Å²) in [6.07, 6.45) is 2.29. The predicted octanol–water partition coefficient (Wildman–Crippen LogP) is 1.63. The fraction of sp³-hybridized carbons (Fsp3) is 0.900. The molecule has 1 atom stereocenters. The quantitative estimate of drug-likeness (QED) is 0.297. The third-order valence-electron chi connectivity index (χ3n) is 2.41. The molecule has 0 saturated carbocycles. The van der Waals surface area contributed by atoms with Gasteiger partial charge >= 0.3 is 0 Å². The average Bonchev–Trinajstić information content (AvgIpc) is 2.13. The topological polar surface area (TPSA) is 61.8 Å². The molecule has 0 radical (unpaired) electrons. The maximum Gasteiger partial charge on any atom is 0.153 e. The molecule has 0 aromatic rings. The standard InChI is InChI=1S/C10H23N3O/c1-5-6-9(4)13(8(2)3)7-10(11)12-14/h8-9,14H,5-7H2,1-4H3,(H2,11,12). The van der Waals surface area contributed by atoms with Crippen LogP contribution in [0.2, 0.25) is 0 Å². The van der Waals surface area contributed by atoms with Gasteiger partial charge < -0.3 is 10.9 Å². The molecule has 0 fully saturated rings. The zero-order valence-corrected chi connectivity index (χ0v) is 9.70. The molecule has 0 aliphatic rings. The molecule has 0 heterocycles. The van der Waals surface area contributed by atoms with Crippen molar-refractivity contribution in [3.63, 3.8) is 0 Å². The highest BCUT2D eigenvalue weighted by molar-refractivity contribution is 5.81. The fourth-order valence-corrected chi connectivity index (χ4v) is 1.65. The van der Waals surface area contributed by atoms with Gasteiger partial charge in [-0.3, -0.25) is 4.90 Å². The summed E-state index contributed by atoms with van der Waals surface area (Å²) in [4.78, 5) is 2.23. The lowest BCUT2D eigenvalue weighted by Gasteiger charge is -2.32. The summed E-state index contributed by atoms with van der Waals surface area (Å²) in [6.45, 7) is 9.12. The van der Waals surface area contributed by atoms with Gasteiger partial charge in [-0.15, -0.1) is 0 Å². The van der Waals surface area contributed by atoms with Crippen molar-refractivity contribution in [1.82, 2.24) is 4.90 Å². The molecule has 3 N–H and O–H groups in total. The Morgan fingerprint density at radius 3 is 2.36 bits per heavy atom. The summed E-state index contributed by atoms with van der Waals surface area (Å²) < 4.78 is 0. The van der Waals surface area contributed by atoms with Gasteiger partial charge in [-0.1, -0.05) is 18.5 Å². The molecule has 0 aromatic heterocycles. The van der Waals surface area contributed by atoms with Gasteiger partial charge in [0.2, 0.25) is 0 Å². The second-order valence-corrected chi connectivity index (χ2v) is 4.00. The van der Waals surface area contributed by atoms with Gasteiger partial charge in [0.15, 0.2) is 5.84 Å². The van der Waals surface area contributed by atoms with Crippen LogP contribution in [-0.2, 0) is 0 Å². The number of nitrogens with two attached hydrogens (primary N) is 1. The van der Waals surface area contributed by atoms with Crippen LogP contribution >= 0.6 is 0 Å². The van der Waals surface area contributed by atoms with Crippen molar-refractivity contribution in [3.8, 4) is 0 Å². The molecule has 4 nitrogen and oxygen atoms in total. The normalized spacial score (nSPS) is 15.1. The number of rotatable bonds is 6. The first-order chi connectivity index (χ1) is 6.52. The Bertz CT molecular complexity index is 180. The van der Waals surface area contributed by atoms with Crippen molar-refractivity contribution < 1.29 is 5.21 Å². The SMILES string of the molecule is CCCC(C)N(CC(N)=NO)C(C)C. The van der Waals surface area contributed by atoms with E-state index >= 15 is 0 Å². The number of oxime groups is 1. The second-order valence-electron chi connectivity index (χ2n) is 4.00. The first kappa shape index (κ1) is 13.2. The zero-order valence-electron chi connectivity index (χ0n) is 9.70. The van der Waals surface area contributed by atoms with E-state index in [2.05, 4.69) is 37.8 Å². The number of nitrogens with zero attached hydrogens (tertiary/aromatic N) is 2. The minimum Gasteiger partial charge on any atom is -0.409 e. The Labute approximate surface area is 86.8 Å². The van der Waals surface area contributed by atoms with Crippen LogP contribution in [0.5, 0.6) is 0 Å². The minimum absolute atomic E-state index is 0.279. The number of hydrogen-bond acceptors (Lipinski definition) is 3. The molecule has 4 heteroatoms. The molecule has 0 aromatic carbocycles. The zero-order chi connectivity index (χ0) is 11.1. The van der Waals surface area contributed by atoms with E-state index in [1.54, 1.807) is 0 Å². The van der Waals surface area contributed by atoms with Crippen LogP contribution in [0, 0.1) is 0 Å². The van der Waals surface area contributed by atoms with Crippen LogP contribution in [0.3, 0.4) is 0 Å². The molecular weight excluding hydrogens is 178 g/mol. The van der Waals surface area contributed by atoms with Crippen LogP contribution in [0.25, 0.3) is 0 Å². The van der Waals surface area contributed by atoms with E-state index in [4.69, 9.17) is 10.9 Å². The second kappa shape index (κ2) is 6.65. The minimum atomic E-state index is 0.279. The monoisotopic (exact) mass is 201 g/mol. The van der Waals surface area contributed by atoms with E-state index in [1.807, 2.05) is 0 Å². The molecule has 0 amide bonds.